The van der Waals surface area contributed by atoms with Gasteiger partial charge in [-0.2, -0.15) is 0 Å². The van der Waals surface area contributed by atoms with E-state index in [1.807, 2.05) is 48.5 Å². The Morgan fingerprint density at radius 1 is 0.909 bits per heavy atom. The minimum Gasteiger partial charge on any atom is -0.325 e. The maximum Gasteiger partial charge on any atom is 0.132 e. The summed E-state index contributed by atoms with van der Waals surface area (Å²) in [4.78, 5) is 13.1. The van der Waals surface area contributed by atoms with Gasteiger partial charge in [0.2, 0.25) is 0 Å². The quantitative estimate of drug-likeness (QED) is 0.715. The number of hydrogen-bond acceptors (Lipinski definition) is 4. The van der Waals surface area contributed by atoms with Crippen molar-refractivity contribution in [1.29, 1.82) is 0 Å². The van der Waals surface area contributed by atoms with Crippen molar-refractivity contribution < 1.29 is 0 Å². The lowest BCUT2D eigenvalue weighted by Gasteiger charge is -2.04. The van der Waals surface area contributed by atoms with Crippen LogP contribution in [-0.4, -0.2) is 16.2 Å². The first-order valence-corrected chi connectivity index (χ1v) is 7.12. The van der Waals surface area contributed by atoms with Gasteiger partial charge in [0.1, 0.15) is 11.6 Å². The van der Waals surface area contributed by atoms with Crippen LogP contribution in [0.25, 0.3) is 0 Å². The lowest BCUT2D eigenvalue weighted by molar-refractivity contribution is 1.24. The Morgan fingerprint density at radius 3 is 2.50 bits per heavy atom. The van der Waals surface area contributed by atoms with Gasteiger partial charge in [-0.05, 0) is 48.5 Å². The number of benzene rings is 1. The first kappa shape index (κ1) is 14.2. The average molecular weight is 309 g/mol. The molecular formula is C17H13ClN4. The molecule has 3 aromatic rings. The summed E-state index contributed by atoms with van der Waals surface area (Å²) in [5, 5.41) is 3.84. The molecule has 0 fully saturated rings. The van der Waals surface area contributed by atoms with Crippen LogP contribution < -0.4 is 5.32 Å². The van der Waals surface area contributed by atoms with Crippen LogP contribution in [0.2, 0.25) is 5.02 Å². The number of anilines is 2. The van der Waals surface area contributed by atoms with Gasteiger partial charge in [0.05, 0.1) is 17.6 Å². The number of nitrogens with zero attached hydrogens (tertiary/aromatic N) is 3. The van der Waals surface area contributed by atoms with Crippen LogP contribution >= 0.6 is 11.6 Å². The third-order valence-electron chi connectivity index (χ3n) is 2.86. The lowest BCUT2D eigenvalue weighted by atomic mass is 10.3. The molecule has 1 aromatic carbocycles. The maximum atomic E-state index is 5.85. The highest BCUT2D eigenvalue weighted by atomic mass is 35.5. The summed E-state index contributed by atoms with van der Waals surface area (Å²) in [6.07, 6.45) is 3.45. The average Bonchev–Trinajstić information content (AvgIpc) is 2.56. The standard InChI is InChI=1S/C17H13ClN4/c18-13-7-9-14(10-8-13)20-12-15-4-3-6-17(21-15)22-16-5-1-2-11-19-16/h1-12H,(H,19,21,22)/b20-12+. The van der Waals surface area contributed by atoms with Crippen LogP contribution in [0.1, 0.15) is 5.69 Å². The largest absolute Gasteiger partial charge is 0.325 e. The number of aliphatic imine (C=N–C) groups is 1. The summed E-state index contributed by atoms with van der Waals surface area (Å²) in [6, 6.07) is 18.7. The van der Waals surface area contributed by atoms with Gasteiger partial charge >= 0.3 is 0 Å². The number of hydrogen-bond donors (Lipinski definition) is 1. The van der Waals surface area contributed by atoms with Crippen molar-refractivity contribution in [2.75, 3.05) is 5.32 Å². The summed E-state index contributed by atoms with van der Waals surface area (Å²) in [7, 11) is 0. The normalized spacial score (nSPS) is 10.8. The smallest absolute Gasteiger partial charge is 0.132 e. The molecule has 0 aliphatic heterocycles. The highest BCUT2D eigenvalue weighted by Crippen LogP contribution is 2.16. The van der Waals surface area contributed by atoms with Crippen molar-refractivity contribution in [2.45, 2.75) is 0 Å². The van der Waals surface area contributed by atoms with Crippen molar-refractivity contribution in [1.82, 2.24) is 9.97 Å². The molecule has 0 bridgehead atoms. The molecule has 0 saturated heterocycles. The van der Waals surface area contributed by atoms with Gasteiger partial charge in [-0.15, -0.1) is 0 Å². The fraction of sp³-hybridized carbons (Fsp3) is 0. The van der Waals surface area contributed by atoms with Crippen molar-refractivity contribution in [3.05, 3.63) is 77.6 Å². The summed E-state index contributed by atoms with van der Waals surface area (Å²) >= 11 is 5.85. The van der Waals surface area contributed by atoms with Crippen LogP contribution in [0.5, 0.6) is 0 Å². The first-order valence-electron chi connectivity index (χ1n) is 6.74. The van der Waals surface area contributed by atoms with E-state index in [0.717, 1.165) is 23.0 Å². The summed E-state index contributed by atoms with van der Waals surface area (Å²) < 4.78 is 0. The van der Waals surface area contributed by atoms with Crippen LogP contribution in [0.4, 0.5) is 17.3 Å². The van der Waals surface area contributed by atoms with E-state index in [1.54, 1.807) is 24.5 Å². The van der Waals surface area contributed by atoms with Crippen LogP contribution in [0.15, 0.2) is 71.9 Å². The second-order valence-corrected chi connectivity index (χ2v) is 4.96. The molecule has 2 aromatic heterocycles. The fourth-order valence-corrected chi connectivity index (χ4v) is 1.95. The van der Waals surface area contributed by atoms with Crippen molar-refractivity contribution in [3.8, 4) is 0 Å². The summed E-state index contributed by atoms with van der Waals surface area (Å²) in [6.45, 7) is 0. The predicted molar refractivity (Wildman–Crippen MR) is 90.5 cm³/mol. The highest BCUT2D eigenvalue weighted by molar-refractivity contribution is 6.30. The molecule has 3 rings (SSSR count). The molecule has 108 valence electrons. The zero-order valence-corrected chi connectivity index (χ0v) is 12.4. The first-order chi connectivity index (χ1) is 10.8. The Labute approximate surface area is 133 Å². The Morgan fingerprint density at radius 2 is 1.73 bits per heavy atom. The molecule has 0 aliphatic carbocycles. The van der Waals surface area contributed by atoms with Gasteiger partial charge < -0.3 is 5.32 Å². The second-order valence-electron chi connectivity index (χ2n) is 4.52. The zero-order valence-electron chi connectivity index (χ0n) is 11.6. The number of aromatic nitrogens is 2. The summed E-state index contributed by atoms with van der Waals surface area (Å²) in [5.74, 6) is 1.47. The molecule has 4 nitrogen and oxygen atoms in total. The Balaban J connectivity index is 1.75. The predicted octanol–water partition coefficient (Wildman–Crippen LogP) is 4.62. The van der Waals surface area contributed by atoms with E-state index >= 15 is 0 Å². The second kappa shape index (κ2) is 6.83. The minimum absolute atomic E-state index is 0.693. The van der Waals surface area contributed by atoms with E-state index in [-0.39, 0.29) is 0 Å². The minimum atomic E-state index is 0.693. The fourth-order valence-electron chi connectivity index (χ4n) is 1.83. The van der Waals surface area contributed by atoms with Gasteiger partial charge in [0, 0.05) is 11.2 Å². The number of halogens is 1. The molecule has 0 saturated carbocycles. The Bertz CT molecular complexity index is 770. The molecule has 0 aliphatic rings. The van der Waals surface area contributed by atoms with E-state index < -0.39 is 0 Å². The van der Waals surface area contributed by atoms with E-state index in [1.165, 1.54) is 0 Å². The van der Waals surface area contributed by atoms with Crippen molar-refractivity contribution >= 4 is 35.1 Å². The van der Waals surface area contributed by atoms with E-state index in [9.17, 15) is 0 Å². The van der Waals surface area contributed by atoms with Crippen LogP contribution in [0.3, 0.4) is 0 Å². The Kier molecular flexibility index (Phi) is 4.41. The molecule has 0 unspecified atom stereocenters. The number of pyridine rings is 2. The number of rotatable bonds is 4. The Hall–Kier alpha value is -2.72. The van der Waals surface area contributed by atoms with E-state index in [2.05, 4.69) is 20.3 Å². The topological polar surface area (TPSA) is 50.2 Å². The van der Waals surface area contributed by atoms with Gasteiger partial charge in [-0.25, -0.2) is 9.97 Å². The lowest BCUT2D eigenvalue weighted by Crippen LogP contribution is -1.97. The molecule has 0 radical (unpaired) electrons. The third kappa shape index (κ3) is 3.90. The monoisotopic (exact) mass is 308 g/mol. The van der Waals surface area contributed by atoms with Gasteiger partial charge in [-0.1, -0.05) is 23.7 Å². The van der Waals surface area contributed by atoms with Crippen LogP contribution in [0, 0.1) is 0 Å². The molecule has 0 atom stereocenters. The third-order valence-corrected chi connectivity index (χ3v) is 3.12. The molecule has 2 heterocycles. The van der Waals surface area contributed by atoms with E-state index in [4.69, 9.17) is 11.6 Å². The maximum absolute atomic E-state index is 5.85. The molecule has 1 N–H and O–H groups in total. The highest BCUT2D eigenvalue weighted by Gasteiger charge is 1.97. The molecule has 0 spiro atoms. The van der Waals surface area contributed by atoms with Gasteiger partial charge in [0.25, 0.3) is 0 Å². The van der Waals surface area contributed by atoms with Crippen molar-refractivity contribution in [3.63, 3.8) is 0 Å². The molecular weight excluding hydrogens is 296 g/mol. The van der Waals surface area contributed by atoms with E-state index in [0.29, 0.717) is 5.02 Å². The summed E-state index contributed by atoms with van der Waals surface area (Å²) in [5.41, 5.74) is 1.59. The molecule has 22 heavy (non-hydrogen) atoms. The van der Waals surface area contributed by atoms with Crippen molar-refractivity contribution in [2.24, 2.45) is 4.99 Å². The van der Waals surface area contributed by atoms with Gasteiger partial charge in [-0.3, -0.25) is 4.99 Å². The zero-order chi connectivity index (χ0) is 15.2. The molecule has 0 amide bonds. The van der Waals surface area contributed by atoms with Crippen LogP contribution in [-0.2, 0) is 0 Å². The SMILES string of the molecule is Clc1ccc(/N=C/c2cccc(Nc3ccccn3)n2)cc1. The number of nitrogens with one attached hydrogen (secondary N) is 1. The van der Waals surface area contributed by atoms with Gasteiger partial charge in [0.15, 0.2) is 0 Å². The molecule has 5 heteroatoms.